The number of halogens is 2. The molecule has 1 aliphatic carbocycles. The van der Waals surface area contributed by atoms with Gasteiger partial charge in [-0.05, 0) is 36.2 Å². The molecule has 1 aromatic carbocycles. The van der Waals surface area contributed by atoms with E-state index >= 15 is 0 Å². The molecule has 0 radical (unpaired) electrons. The van der Waals surface area contributed by atoms with Crippen LogP contribution in [0, 0.1) is 18.6 Å². The van der Waals surface area contributed by atoms with Crippen molar-refractivity contribution in [2.24, 2.45) is 0 Å². The number of hydrogen-bond acceptors (Lipinski definition) is 3. The first-order valence-corrected chi connectivity index (χ1v) is 8.36. The number of aromatic amines is 1. The molecule has 1 saturated carbocycles. The number of hydrogen-bond donors (Lipinski definition) is 3. The third kappa shape index (κ3) is 5.64. The maximum atomic E-state index is 14.5. The van der Waals surface area contributed by atoms with Gasteiger partial charge in [-0.1, -0.05) is 37.5 Å². The van der Waals surface area contributed by atoms with Crippen LogP contribution in [0.2, 0.25) is 0 Å². The van der Waals surface area contributed by atoms with Gasteiger partial charge < -0.3 is 15.8 Å². The number of nitrogens with two attached hydrogens (primary N) is 1. The molecule has 142 valence electrons. The molecule has 2 aromatic rings. The molecule has 4 N–H and O–H groups in total. The van der Waals surface area contributed by atoms with Crippen LogP contribution in [0.4, 0.5) is 14.5 Å². The van der Waals surface area contributed by atoms with Crippen molar-refractivity contribution in [3.05, 3.63) is 75.7 Å². The van der Waals surface area contributed by atoms with E-state index in [-0.39, 0.29) is 16.8 Å². The highest BCUT2D eigenvalue weighted by Gasteiger charge is 2.10. The fourth-order valence-corrected chi connectivity index (χ4v) is 2.13. The van der Waals surface area contributed by atoms with E-state index in [1.165, 1.54) is 43.5 Å². The summed E-state index contributed by atoms with van der Waals surface area (Å²) in [6.07, 6.45) is 5.24. The second-order valence-corrected chi connectivity index (χ2v) is 6.07. The van der Waals surface area contributed by atoms with Gasteiger partial charge in [0.05, 0.1) is 5.69 Å². The van der Waals surface area contributed by atoms with Crippen LogP contribution >= 0.6 is 0 Å². The summed E-state index contributed by atoms with van der Waals surface area (Å²) in [5.74, 6) is -2.98. The number of H-pyrrole nitrogens is 1. The normalized spacial score (nSPS) is 11.7. The molecule has 3 rings (SSSR count). The van der Waals surface area contributed by atoms with Crippen LogP contribution in [-0.4, -0.2) is 16.1 Å². The van der Waals surface area contributed by atoms with E-state index in [2.05, 4.69) is 4.98 Å². The first kappa shape index (κ1) is 20.1. The number of benzene rings is 1. The van der Waals surface area contributed by atoms with Crippen LogP contribution in [0.5, 0.6) is 0 Å². The molecule has 0 bridgehead atoms. The number of aromatic nitrogens is 1. The number of nitrogen functional groups attached to an aromatic ring is 1. The van der Waals surface area contributed by atoms with Gasteiger partial charge in [-0.2, -0.15) is 0 Å². The van der Waals surface area contributed by atoms with E-state index in [1.807, 2.05) is 0 Å². The zero-order chi connectivity index (χ0) is 20.0. The number of rotatable bonds is 2. The molecule has 5 nitrogen and oxygen atoms in total. The average molecular weight is 374 g/mol. The van der Waals surface area contributed by atoms with Gasteiger partial charge in [-0.3, -0.25) is 4.79 Å². The SMILES string of the molecule is C1CC1.Cc1cccc(C(=O)O)c(=O)[nH]cc(F)c1-c1ccc(N)c(F)c1. The van der Waals surface area contributed by atoms with E-state index in [1.54, 1.807) is 6.92 Å². The number of carbonyl (C=O) groups is 1. The van der Waals surface area contributed by atoms with Crippen LogP contribution in [0.25, 0.3) is 11.1 Å². The molecule has 27 heavy (non-hydrogen) atoms. The molecule has 0 spiro atoms. The third-order valence-corrected chi connectivity index (χ3v) is 3.69. The lowest BCUT2D eigenvalue weighted by molar-refractivity contribution is 0.0695. The Hall–Kier alpha value is -3.22. The minimum atomic E-state index is -1.44. The number of nitrogens with one attached hydrogen (secondary N) is 1. The summed E-state index contributed by atoms with van der Waals surface area (Å²) < 4.78 is 28.2. The van der Waals surface area contributed by atoms with Crippen LogP contribution in [0.1, 0.15) is 35.2 Å². The van der Waals surface area contributed by atoms with Gasteiger partial charge in [-0.25, -0.2) is 13.6 Å². The Kier molecular flexibility index (Phi) is 6.65. The maximum Gasteiger partial charge on any atom is 0.341 e. The summed E-state index contributed by atoms with van der Waals surface area (Å²) in [7, 11) is 0. The van der Waals surface area contributed by atoms with E-state index < -0.39 is 28.7 Å². The molecule has 0 saturated heterocycles. The Labute approximate surface area is 154 Å². The molecule has 1 fully saturated rings. The Morgan fingerprint density at radius 2 is 1.78 bits per heavy atom. The molecule has 1 aromatic heterocycles. The van der Waals surface area contributed by atoms with Crippen molar-refractivity contribution in [1.29, 1.82) is 0 Å². The average Bonchev–Trinajstić information content (AvgIpc) is 3.48. The standard InChI is InChI=1S/C17H14F2N2O3.C3H6/c1-9-3-2-4-11(17(23)24)16(22)21-8-13(19)15(9)10-5-6-14(20)12(18)7-10;1-2-3-1/h2-8H,20H2,1H3,(H,21,22)(H,23,24);1-3H2. The van der Waals surface area contributed by atoms with Gasteiger partial charge in [-0.15, -0.1) is 0 Å². The first-order valence-electron chi connectivity index (χ1n) is 8.36. The van der Waals surface area contributed by atoms with Gasteiger partial charge >= 0.3 is 5.97 Å². The number of carboxylic acids is 1. The summed E-state index contributed by atoms with van der Waals surface area (Å²) >= 11 is 0. The van der Waals surface area contributed by atoms with Gasteiger partial charge in [0, 0.05) is 11.8 Å². The second kappa shape index (κ2) is 8.93. The maximum absolute atomic E-state index is 14.5. The Balaban J connectivity index is 0.000000789. The van der Waals surface area contributed by atoms with Crippen molar-refractivity contribution in [2.45, 2.75) is 26.2 Å². The van der Waals surface area contributed by atoms with Gasteiger partial charge in [0.15, 0.2) is 0 Å². The molecule has 1 aliphatic rings. The predicted molar refractivity (Wildman–Crippen MR) is 100 cm³/mol. The number of aryl methyl sites for hydroxylation is 1. The lowest BCUT2D eigenvalue weighted by Crippen LogP contribution is -2.14. The molecule has 1 heterocycles. The highest BCUT2D eigenvalue weighted by molar-refractivity contribution is 5.86. The monoisotopic (exact) mass is 374 g/mol. The highest BCUT2D eigenvalue weighted by Crippen LogP contribution is 2.27. The van der Waals surface area contributed by atoms with Crippen LogP contribution < -0.4 is 11.3 Å². The Morgan fingerprint density at radius 3 is 2.33 bits per heavy atom. The van der Waals surface area contributed by atoms with Gasteiger partial charge in [0.2, 0.25) is 0 Å². The first-order chi connectivity index (χ1) is 12.8. The summed E-state index contributed by atoms with van der Waals surface area (Å²) in [5.41, 5.74) is 4.53. The predicted octanol–water partition coefficient (Wildman–Crippen LogP) is 4.20. The van der Waals surface area contributed by atoms with Crippen LogP contribution in [0.15, 0.2) is 47.4 Å². The molecule has 0 unspecified atom stereocenters. The van der Waals surface area contributed by atoms with Crippen molar-refractivity contribution in [1.82, 2.24) is 4.98 Å². The van der Waals surface area contributed by atoms with Gasteiger partial charge in [0.1, 0.15) is 17.2 Å². The van der Waals surface area contributed by atoms with Crippen molar-refractivity contribution in [2.75, 3.05) is 5.73 Å². The molecule has 0 amide bonds. The minimum Gasteiger partial charge on any atom is -0.477 e. The van der Waals surface area contributed by atoms with E-state index in [9.17, 15) is 18.4 Å². The smallest absolute Gasteiger partial charge is 0.341 e. The molecule has 7 heteroatoms. The fraction of sp³-hybridized carbons (Fsp3) is 0.200. The van der Waals surface area contributed by atoms with Crippen LogP contribution in [0.3, 0.4) is 0 Å². The number of carboxylic acid groups (broad SMARTS) is 1. The Bertz CT molecular complexity index is 965. The summed E-state index contributed by atoms with van der Waals surface area (Å²) in [5, 5.41) is 8.96. The molecular weight excluding hydrogens is 354 g/mol. The number of aromatic carboxylic acids is 1. The quantitative estimate of drug-likeness (QED) is 0.686. The lowest BCUT2D eigenvalue weighted by Gasteiger charge is -2.06. The minimum absolute atomic E-state index is 0.0534. The third-order valence-electron chi connectivity index (χ3n) is 3.69. The summed E-state index contributed by atoms with van der Waals surface area (Å²) in [4.78, 5) is 24.8. The zero-order valence-electron chi connectivity index (χ0n) is 14.8. The lowest BCUT2D eigenvalue weighted by atomic mass is 10.0. The zero-order valence-corrected chi connectivity index (χ0v) is 14.8. The second-order valence-electron chi connectivity index (χ2n) is 6.07. The fourth-order valence-electron chi connectivity index (χ4n) is 2.13. The van der Waals surface area contributed by atoms with Crippen LogP contribution in [-0.2, 0) is 0 Å². The van der Waals surface area contributed by atoms with Gasteiger partial charge in [0.25, 0.3) is 5.56 Å². The number of anilines is 1. The van der Waals surface area contributed by atoms with Crippen molar-refractivity contribution in [3.8, 4) is 11.1 Å². The van der Waals surface area contributed by atoms with Crippen molar-refractivity contribution < 1.29 is 18.7 Å². The largest absolute Gasteiger partial charge is 0.477 e. The van der Waals surface area contributed by atoms with E-state index in [0.717, 1.165) is 18.3 Å². The Morgan fingerprint density at radius 1 is 1.11 bits per heavy atom. The van der Waals surface area contributed by atoms with E-state index in [0.29, 0.717) is 5.56 Å². The molecule has 0 aliphatic heterocycles. The van der Waals surface area contributed by atoms with Crippen molar-refractivity contribution in [3.63, 3.8) is 0 Å². The highest BCUT2D eigenvalue weighted by atomic mass is 19.1. The van der Waals surface area contributed by atoms with E-state index in [4.69, 9.17) is 10.8 Å². The molecule has 0 atom stereocenters. The summed E-state index contributed by atoms with van der Waals surface area (Å²) in [6, 6.07) is 7.68. The van der Waals surface area contributed by atoms with Crippen molar-refractivity contribution >= 4 is 11.7 Å². The topological polar surface area (TPSA) is 96.2 Å². The molecular formula is C20H20F2N2O3. The summed E-state index contributed by atoms with van der Waals surface area (Å²) in [6.45, 7) is 1.57.